The summed E-state index contributed by atoms with van der Waals surface area (Å²) in [7, 11) is -4.52. The molecule has 0 fully saturated rings. The fraction of sp³-hybridized carbons (Fsp3) is 1.00. The van der Waals surface area contributed by atoms with Crippen LogP contribution in [0.4, 0.5) is 0 Å². The molecule has 0 saturated carbocycles. The predicted molar refractivity (Wildman–Crippen MR) is 96.6 cm³/mol. The van der Waals surface area contributed by atoms with Crippen LogP contribution in [0.1, 0.15) is 103 Å². The van der Waals surface area contributed by atoms with Crippen LogP contribution in [0.3, 0.4) is 0 Å². The van der Waals surface area contributed by atoms with E-state index < -0.39 is 10.4 Å². The van der Waals surface area contributed by atoms with Crippen molar-refractivity contribution in [2.24, 2.45) is 0 Å². The Balaban J connectivity index is 0. The second kappa shape index (κ2) is 19.6. The van der Waals surface area contributed by atoms with Crippen molar-refractivity contribution in [1.29, 1.82) is 0 Å². The van der Waals surface area contributed by atoms with Crippen molar-refractivity contribution in [2.75, 3.05) is 6.61 Å². The molecule has 0 aliphatic carbocycles. The number of unbranched alkanes of at least 4 members (excludes halogenated alkanes) is 11. The molecule has 0 aromatic heterocycles. The van der Waals surface area contributed by atoms with Gasteiger partial charge in [0.1, 0.15) is 0 Å². The van der Waals surface area contributed by atoms with Crippen LogP contribution < -0.4 is 29.6 Å². The first-order valence-corrected chi connectivity index (χ1v) is 11.1. The van der Waals surface area contributed by atoms with Crippen molar-refractivity contribution in [3.8, 4) is 0 Å². The first-order chi connectivity index (χ1) is 11.5. The van der Waals surface area contributed by atoms with Crippen LogP contribution in [0.2, 0.25) is 0 Å². The van der Waals surface area contributed by atoms with Gasteiger partial charge in [-0.25, -0.2) is 8.42 Å². The summed E-state index contributed by atoms with van der Waals surface area (Å²) < 4.78 is 34.8. The van der Waals surface area contributed by atoms with Gasteiger partial charge in [-0.2, -0.15) is 0 Å². The number of aliphatic hydroxyl groups excluding tert-OH is 1. The van der Waals surface area contributed by atoms with Crippen molar-refractivity contribution in [1.82, 2.24) is 0 Å². The SMILES string of the molecule is CCCCCCC(O)CCCCCCCCCCCOS(=O)(=O)[O-].[Na+]. The second-order valence-electron chi connectivity index (χ2n) is 6.70. The summed E-state index contributed by atoms with van der Waals surface area (Å²) in [6.07, 6.45) is 16.4. The average molecular weight is 389 g/mol. The summed E-state index contributed by atoms with van der Waals surface area (Å²) in [6.45, 7) is 2.21. The zero-order chi connectivity index (χ0) is 18.1. The molecule has 0 rings (SSSR count). The molecule has 1 N–H and O–H groups in total. The van der Waals surface area contributed by atoms with Gasteiger partial charge in [-0.3, -0.25) is 4.18 Å². The molecule has 7 heteroatoms. The van der Waals surface area contributed by atoms with E-state index in [1.807, 2.05) is 0 Å². The third-order valence-electron chi connectivity index (χ3n) is 4.30. The van der Waals surface area contributed by atoms with Crippen molar-refractivity contribution >= 4 is 10.4 Å². The fourth-order valence-corrected chi connectivity index (χ4v) is 3.15. The monoisotopic (exact) mass is 388 g/mol. The van der Waals surface area contributed by atoms with E-state index in [0.29, 0.717) is 6.42 Å². The quantitative estimate of drug-likeness (QED) is 0.167. The molecule has 0 amide bonds. The Morgan fingerprint density at radius 2 is 1.20 bits per heavy atom. The molecule has 146 valence electrons. The molecule has 0 radical (unpaired) electrons. The van der Waals surface area contributed by atoms with Crippen molar-refractivity contribution in [3.63, 3.8) is 0 Å². The van der Waals surface area contributed by atoms with Gasteiger partial charge in [0.25, 0.3) is 0 Å². The van der Waals surface area contributed by atoms with Gasteiger partial charge in [0, 0.05) is 0 Å². The Hall–Kier alpha value is 0.830. The van der Waals surface area contributed by atoms with Gasteiger partial charge < -0.3 is 9.66 Å². The number of hydrogen-bond acceptors (Lipinski definition) is 5. The summed E-state index contributed by atoms with van der Waals surface area (Å²) in [5, 5.41) is 9.87. The van der Waals surface area contributed by atoms with E-state index in [1.54, 1.807) is 0 Å². The van der Waals surface area contributed by atoms with Gasteiger partial charge in [0.15, 0.2) is 0 Å². The minimum Gasteiger partial charge on any atom is -0.726 e. The Kier molecular flexibility index (Phi) is 22.0. The maximum absolute atomic E-state index is 10.2. The molecule has 0 bridgehead atoms. The zero-order valence-corrected chi connectivity index (χ0v) is 19.2. The average Bonchev–Trinajstić information content (AvgIpc) is 2.51. The van der Waals surface area contributed by atoms with E-state index in [0.717, 1.165) is 44.9 Å². The molecule has 0 saturated heterocycles. The fourth-order valence-electron chi connectivity index (χ4n) is 2.83. The maximum Gasteiger partial charge on any atom is 1.00 e. The van der Waals surface area contributed by atoms with Crippen molar-refractivity contribution in [2.45, 2.75) is 109 Å². The molecule has 1 unspecified atom stereocenters. The minimum atomic E-state index is -4.52. The topological polar surface area (TPSA) is 86.7 Å². The number of hydrogen-bond donors (Lipinski definition) is 1. The van der Waals surface area contributed by atoms with Crippen molar-refractivity contribution < 1.29 is 51.8 Å². The summed E-state index contributed by atoms with van der Waals surface area (Å²) in [6, 6.07) is 0. The summed E-state index contributed by atoms with van der Waals surface area (Å²) in [4.78, 5) is 0. The Bertz CT molecular complexity index is 362. The first-order valence-electron chi connectivity index (χ1n) is 9.74. The third kappa shape index (κ3) is 24.8. The standard InChI is InChI=1S/C18H38O5S.Na/c1-2-3-4-12-15-18(19)16-13-10-8-6-5-7-9-11-14-17-23-24(20,21)22;/h18-19H,2-17H2,1H3,(H,20,21,22);/q;+1/p-1. The molecule has 1 atom stereocenters. The van der Waals surface area contributed by atoms with Crippen LogP contribution in [-0.2, 0) is 14.6 Å². The third-order valence-corrected chi connectivity index (χ3v) is 4.76. The van der Waals surface area contributed by atoms with E-state index in [9.17, 15) is 18.1 Å². The zero-order valence-electron chi connectivity index (χ0n) is 16.4. The summed E-state index contributed by atoms with van der Waals surface area (Å²) in [5.74, 6) is 0. The molecule has 25 heavy (non-hydrogen) atoms. The molecule has 0 heterocycles. The number of rotatable bonds is 18. The van der Waals surface area contributed by atoms with Crippen LogP contribution in [0.25, 0.3) is 0 Å². The van der Waals surface area contributed by atoms with Crippen LogP contribution >= 0.6 is 0 Å². The number of aliphatic hydroxyl groups is 1. The second-order valence-corrected chi connectivity index (χ2v) is 7.76. The van der Waals surface area contributed by atoms with Crippen LogP contribution in [-0.4, -0.2) is 30.8 Å². The molecule has 0 aliphatic rings. The maximum atomic E-state index is 10.2. The van der Waals surface area contributed by atoms with E-state index in [-0.39, 0.29) is 42.3 Å². The molecular formula is C18H37NaO5S. The van der Waals surface area contributed by atoms with E-state index >= 15 is 0 Å². The molecular weight excluding hydrogens is 351 g/mol. The van der Waals surface area contributed by atoms with Gasteiger partial charge >= 0.3 is 29.6 Å². The van der Waals surface area contributed by atoms with E-state index in [4.69, 9.17) is 0 Å². The Morgan fingerprint density at radius 3 is 1.64 bits per heavy atom. The molecule has 5 nitrogen and oxygen atoms in total. The van der Waals surface area contributed by atoms with Gasteiger partial charge in [0.05, 0.1) is 12.7 Å². The van der Waals surface area contributed by atoms with E-state index in [1.165, 1.54) is 44.9 Å². The molecule has 0 spiro atoms. The molecule has 0 aromatic carbocycles. The van der Waals surface area contributed by atoms with Crippen LogP contribution in [0.5, 0.6) is 0 Å². The van der Waals surface area contributed by atoms with Crippen LogP contribution in [0.15, 0.2) is 0 Å². The summed E-state index contributed by atoms with van der Waals surface area (Å²) in [5.41, 5.74) is 0. The van der Waals surface area contributed by atoms with Crippen molar-refractivity contribution in [3.05, 3.63) is 0 Å². The van der Waals surface area contributed by atoms with Gasteiger partial charge in [0.2, 0.25) is 10.4 Å². The predicted octanol–water partition coefficient (Wildman–Crippen LogP) is 1.70. The smallest absolute Gasteiger partial charge is 0.726 e. The summed E-state index contributed by atoms with van der Waals surface area (Å²) >= 11 is 0. The van der Waals surface area contributed by atoms with Gasteiger partial charge in [-0.15, -0.1) is 0 Å². The molecule has 0 aliphatic heterocycles. The van der Waals surface area contributed by atoms with Gasteiger partial charge in [-0.05, 0) is 19.3 Å². The minimum absolute atomic E-state index is 0. The van der Waals surface area contributed by atoms with Gasteiger partial charge in [-0.1, -0.05) is 84.0 Å². The Morgan fingerprint density at radius 1 is 0.800 bits per heavy atom. The largest absolute Gasteiger partial charge is 1.00 e. The Labute approximate surface area is 177 Å². The van der Waals surface area contributed by atoms with Crippen LogP contribution in [0, 0.1) is 0 Å². The first kappa shape index (κ1) is 28.0. The van der Waals surface area contributed by atoms with E-state index in [2.05, 4.69) is 11.1 Å². The normalized spacial score (nSPS) is 12.8. The molecule has 0 aromatic rings.